The van der Waals surface area contributed by atoms with Crippen LogP contribution in [-0.4, -0.2) is 29.8 Å². The van der Waals surface area contributed by atoms with Crippen molar-refractivity contribution in [1.29, 1.82) is 0 Å². The highest BCUT2D eigenvalue weighted by Gasteiger charge is 2.37. The molecule has 10 heteroatoms. The van der Waals surface area contributed by atoms with Crippen LogP contribution in [0.4, 0.5) is 26.3 Å². The molecule has 1 aliphatic heterocycles. The maximum atomic E-state index is 14.9. The Morgan fingerprint density at radius 2 is 1.78 bits per heavy atom. The lowest BCUT2D eigenvalue weighted by atomic mass is 9.98. The highest BCUT2D eigenvalue weighted by atomic mass is 19.4. The number of furan rings is 1. The van der Waals surface area contributed by atoms with Gasteiger partial charge in [-0.1, -0.05) is 6.07 Å². The molecule has 3 aromatic rings. The number of alkyl halides is 5. The van der Waals surface area contributed by atoms with E-state index >= 15 is 0 Å². The Hall–Kier alpha value is -3.01. The van der Waals surface area contributed by atoms with Gasteiger partial charge in [0.2, 0.25) is 0 Å². The predicted molar refractivity (Wildman–Crippen MR) is 105 cm³/mol. The number of fused-ring (bicyclic) bond motifs is 1. The summed E-state index contributed by atoms with van der Waals surface area (Å²) in [4.78, 5) is 13.8. The van der Waals surface area contributed by atoms with Crippen molar-refractivity contribution >= 4 is 16.9 Å². The van der Waals surface area contributed by atoms with Gasteiger partial charge < -0.3 is 15.1 Å². The largest absolute Gasteiger partial charge is 0.459 e. The van der Waals surface area contributed by atoms with Gasteiger partial charge >= 0.3 is 6.18 Å². The molecule has 1 saturated heterocycles. The lowest BCUT2D eigenvalue weighted by Crippen LogP contribution is -2.42. The van der Waals surface area contributed by atoms with Gasteiger partial charge in [0.15, 0.2) is 0 Å². The Morgan fingerprint density at radius 3 is 2.38 bits per heavy atom. The zero-order valence-electron chi connectivity index (χ0n) is 16.6. The van der Waals surface area contributed by atoms with Crippen LogP contribution >= 0.6 is 0 Å². The van der Waals surface area contributed by atoms with Crippen molar-refractivity contribution in [2.45, 2.75) is 31.5 Å². The van der Waals surface area contributed by atoms with Crippen LogP contribution in [0.5, 0.6) is 0 Å². The third-order valence-electron chi connectivity index (χ3n) is 5.48. The molecular formula is C22H18F6N2O2. The van der Waals surface area contributed by atoms with Crippen LogP contribution in [-0.2, 0) is 12.7 Å². The van der Waals surface area contributed by atoms with E-state index in [1.807, 2.05) is 0 Å². The fourth-order valence-corrected chi connectivity index (χ4v) is 3.77. The van der Waals surface area contributed by atoms with Crippen LogP contribution in [0.2, 0.25) is 0 Å². The zero-order chi connectivity index (χ0) is 23.3. The van der Waals surface area contributed by atoms with Crippen LogP contribution in [0, 0.1) is 5.82 Å². The summed E-state index contributed by atoms with van der Waals surface area (Å²) < 4.78 is 87.4. The average Bonchev–Trinajstić information content (AvgIpc) is 3.15. The minimum Gasteiger partial charge on any atom is -0.459 e. The number of nitrogens with zero attached hydrogens (tertiary/aromatic N) is 1. The number of nitrogens with two attached hydrogens (primary N) is 1. The van der Waals surface area contributed by atoms with Crippen LogP contribution in [0.1, 0.15) is 34.5 Å². The van der Waals surface area contributed by atoms with Gasteiger partial charge in [0.05, 0.1) is 12.1 Å². The molecule has 0 unspecified atom stereocenters. The topological polar surface area (TPSA) is 59.5 Å². The first-order valence-electron chi connectivity index (χ1n) is 9.79. The fourth-order valence-electron chi connectivity index (χ4n) is 3.77. The van der Waals surface area contributed by atoms with Gasteiger partial charge in [0, 0.05) is 42.4 Å². The molecule has 0 bridgehead atoms. The lowest BCUT2D eigenvalue weighted by molar-refractivity contribution is -0.136. The number of rotatable bonds is 3. The molecule has 32 heavy (non-hydrogen) atoms. The number of carbonyl (C=O) groups excluding carboxylic acids is 1. The Kier molecular flexibility index (Phi) is 5.44. The second-order valence-electron chi connectivity index (χ2n) is 7.70. The molecule has 1 fully saturated rings. The van der Waals surface area contributed by atoms with E-state index in [4.69, 9.17) is 10.2 Å². The summed E-state index contributed by atoms with van der Waals surface area (Å²) in [7, 11) is 0. The second kappa shape index (κ2) is 7.84. The van der Waals surface area contributed by atoms with Crippen molar-refractivity contribution in [2.24, 2.45) is 5.73 Å². The third kappa shape index (κ3) is 4.19. The van der Waals surface area contributed by atoms with E-state index < -0.39 is 47.8 Å². The maximum absolute atomic E-state index is 14.9. The molecule has 2 N–H and O–H groups in total. The monoisotopic (exact) mass is 456 g/mol. The van der Waals surface area contributed by atoms with Crippen molar-refractivity contribution in [1.82, 2.24) is 4.90 Å². The maximum Gasteiger partial charge on any atom is 0.420 e. The normalized spacial score (nSPS) is 16.5. The van der Waals surface area contributed by atoms with Crippen LogP contribution in [0.3, 0.4) is 0 Å². The molecular weight excluding hydrogens is 438 g/mol. The molecule has 0 spiro atoms. The zero-order valence-corrected chi connectivity index (χ0v) is 16.6. The van der Waals surface area contributed by atoms with Crippen molar-refractivity contribution < 1.29 is 35.6 Å². The Balaban J connectivity index is 1.69. The van der Waals surface area contributed by atoms with Crippen molar-refractivity contribution in [2.75, 3.05) is 13.1 Å². The smallest absolute Gasteiger partial charge is 0.420 e. The number of hydrogen-bond donors (Lipinski definition) is 1. The standard InChI is InChI=1S/C22H18F6N2O2/c23-18-10-12(20(31)30-5-3-21(24,25)4-6-30)1-2-16(18)13-7-14-8-15(11-29)32-19(14)17(9-13)22(26,27)28/h1-2,7-10H,3-6,11,29H2. The molecule has 4 nitrogen and oxygen atoms in total. The Bertz CT molecular complexity index is 1180. The number of likely N-dealkylation sites (tertiary alicyclic amines) is 1. The first-order chi connectivity index (χ1) is 15.0. The first kappa shape index (κ1) is 22.2. The highest BCUT2D eigenvalue weighted by molar-refractivity contribution is 5.95. The van der Waals surface area contributed by atoms with E-state index in [1.165, 1.54) is 29.2 Å². The molecule has 4 rings (SSSR count). The number of halogens is 6. The summed E-state index contributed by atoms with van der Waals surface area (Å²) in [6.07, 6.45) is -5.70. The van der Waals surface area contributed by atoms with E-state index in [0.29, 0.717) is 0 Å². The minimum absolute atomic E-state index is 0.0525. The van der Waals surface area contributed by atoms with Gasteiger partial charge in [0.25, 0.3) is 11.8 Å². The lowest BCUT2D eigenvalue weighted by Gasteiger charge is -2.31. The van der Waals surface area contributed by atoms with Crippen molar-refractivity contribution in [3.05, 3.63) is 59.1 Å². The number of piperidine rings is 1. The molecule has 2 aromatic carbocycles. The fraction of sp³-hybridized carbons (Fsp3) is 0.318. The summed E-state index contributed by atoms with van der Waals surface area (Å²) in [5.74, 6) is -4.21. The van der Waals surface area contributed by atoms with E-state index in [1.54, 1.807) is 0 Å². The van der Waals surface area contributed by atoms with E-state index in [-0.39, 0.29) is 47.5 Å². The number of amides is 1. The summed E-state index contributed by atoms with van der Waals surface area (Å²) in [5, 5.41) is 0.115. The SMILES string of the molecule is NCc1cc2cc(-c3ccc(C(=O)N4CCC(F)(F)CC4)cc3F)cc(C(F)(F)F)c2o1. The summed E-state index contributed by atoms with van der Waals surface area (Å²) in [6.45, 7) is -0.426. The van der Waals surface area contributed by atoms with Gasteiger partial charge in [-0.2, -0.15) is 13.2 Å². The summed E-state index contributed by atoms with van der Waals surface area (Å²) in [6, 6.07) is 6.86. The third-order valence-corrected chi connectivity index (χ3v) is 5.48. The molecule has 0 saturated carbocycles. The summed E-state index contributed by atoms with van der Waals surface area (Å²) in [5.41, 5.74) is 3.73. The summed E-state index contributed by atoms with van der Waals surface area (Å²) >= 11 is 0. The quantitative estimate of drug-likeness (QED) is 0.523. The molecule has 170 valence electrons. The van der Waals surface area contributed by atoms with Gasteiger partial charge in [-0.3, -0.25) is 4.79 Å². The molecule has 0 radical (unpaired) electrons. The molecule has 1 amide bonds. The molecule has 0 aliphatic carbocycles. The van der Waals surface area contributed by atoms with E-state index in [0.717, 1.165) is 12.1 Å². The van der Waals surface area contributed by atoms with E-state index in [9.17, 15) is 31.1 Å². The number of benzene rings is 2. The van der Waals surface area contributed by atoms with Gasteiger partial charge in [-0.15, -0.1) is 0 Å². The molecule has 2 heterocycles. The average molecular weight is 456 g/mol. The van der Waals surface area contributed by atoms with Crippen molar-refractivity contribution in [3.63, 3.8) is 0 Å². The first-order valence-corrected chi connectivity index (χ1v) is 9.79. The predicted octanol–water partition coefficient (Wildman–Crippen LogP) is 5.59. The number of carbonyl (C=O) groups is 1. The molecule has 0 atom stereocenters. The van der Waals surface area contributed by atoms with Gasteiger partial charge in [-0.05, 0) is 35.9 Å². The van der Waals surface area contributed by atoms with Crippen molar-refractivity contribution in [3.8, 4) is 11.1 Å². The van der Waals surface area contributed by atoms with Crippen LogP contribution < -0.4 is 5.73 Å². The Morgan fingerprint density at radius 1 is 1.09 bits per heavy atom. The van der Waals surface area contributed by atoms with E-state index in [2.05, 4.69) is 0 Å². The molecule has 1 aliphatic rings. The van der Waals surface area contributed by atoms with Crippen LogP contribution in [0.15, 0.2) is 40.8 Å². The Labute approximate surface area is 178 Å². The molecule has 1 aromatic heterocycles. The van der Waals surface area contributed by atoms with Gasteiger partial charge in [-0.25, -0.2) is 13.2 Å². The number of hydrogen-bond acceptors (Lipinski definition) is 3. The minimum atomic E-state index is -4.75. The van der Waals surface area contributed by atoms with Crippen LogP contribution in [0.25, 0.3) is 22.1 Å². The highest BCUT2D eigenvalue weighted by Crippen LogP contribution is 2.40. The van der Waals surface area contributed by atoms with Gasteiger partial charge in [0.1, 0.15) is 17.2 Å². The second-order valence-corrected chi connectivity index (χ2v) is 7.70.